The lowest BCUT2D eigenvalue weighted by Crippen LogP contribution is -2.34. The highest BCUT2D eigenvalue weighted by molar-refractivity contribution is 7.00. The van der Waals surface area contributed by atoms with Crippen LogP contribution < -0.4 is 0 Å². The first-order chi connectivity index (χ1) is 21.6. The normalized spacial score (nSPS) is 12.8. The van der Waals surface area contributed by atoms with Crippen LogP contribution in [0.2, 0.25) is 0 Å². The van der Waals surface area contributed by atoms with Crippen molar-refractivity contribution in [2.45, 2.75) is 105 Å². The highest BCUT2D eigenvalue weighted by Gasteiger charge is 2.37. The molecule has 0 radical (unpaired) electrons. The number of carbonyl (C=O) groups excluding carboxylic acids is 4. The molecule has 0 aliphatic heterocycles. The molecule has 0 saturated heterocycles. The number of rotatable bonds is 17. The van der Waals surface area contributed by atoms with Crippen molar-refractivity contribution in [1.29, 1.82) is 1.28 Å². The van der Waals surface area contributed by atoms with E-state index in [1.54, 1.807) is 20.8 Å². The Morgan fingerprint density at radius 2 is 1.28 bits per heavy atom. The maximum absolute atomic E-state index is 12.1. The van der Waals surface area contributed by atoms with Crippen LogP contribution in [0, 0.1) is 11.3 Å². The third-order valence-corrected chi connectivity index (χ3v) is 5.67. The molecule has 0 fully saturated rings. The summed E-state index contributed by atoms with van der Waals surface area (Å²) in [5, 5.41) is 0. The van der Waals surface area contributed by atoms with Crippen molar-refractivity contribution in [3.63, 3.8) is 0 Å². The molecular formula is C30H49F6O9P. The third-order valence-electron chi connectivity index (χ3n) is 5.67. The summed E-state index contributed by atoms with van der Waals surface area (Å²) >= 11 is 0. The molecule has 9 nitrogen and oxygen atoms in total. The van der Waals surface area contributed by atoms with Crippen LogP contribution in [-0.4, -0.2) is 63.9 Å². The summed E-state index contributed by atoms with van der Waals surface area (Å²) in [6.45, 7) is 16.3. The molecular weight excluding hydrogens is 649 g/mol. The van der Waals surface area contributed by atoms with Crippen molar-refractivity contribution in [3.05, 3.63) is 24.8 Å². The van der Waals surface area contributed by atoms with Crippen LogP contribution in [0.4, 0.5) is 26.3 Å². The molecule has 0 amide bonds. The zero-order valence-electron chi connectivity index (χ0n) is 28.4. The lowest BCUT2D eigenvalue weighted by Gasteiger charge is -2.28. The minimum absolute atomic E-state index is 0.0946. The molecule has 0 aliphatic rings. The average Bonchev–Trinajstić information content (AvgIpc) is 2.96. The molecule has 0 aromatic heterocycles. The Labute approximate surface area is 271 Å². The highest BCUT2D eigenvalue weighted by atomic mass is 31.0. The first kappa shape index (κ1) is 47.4. The number of halogens is 6. The summed E-state index contributed by atoms with van der Waals surface area (Å²) in [6, 6.07) is 0. The molecule has 0 bridgehead atoms. The second kappa shape index (κ2) is 28.3. The summed E-state index contributed by atoms with van der Waals surface area (Å²) in [7, 11) is -0.583. The maximum Gasteiger partial charge on any atom is 0.392 e. The molecule has 0 spiro atoms. The van der Waals surface area contributed by atoms with Gasteiger partial charge in [0, 0.05) is 11.6 Å². The molecule has 0 saturated carbocycles. The first-order valence-electron chi connectivity index (χ1n) is 14.9. The summed E-state index contributed by atoms with van der Waals surface area (Å²) in [5.41, 5.74) is -0.911. The van der Waals surface area contributed by atoms with Crippen LogP contribution in [0.3, 0.4) is 0 Å². The quantitative estimate of drug-likeness (QED) is 0.0368. The molecule has 46 heavy (non-hydrogen) atoms. The van der Waals surface area contributed by atoms with Gasteiger partial charge in [0.1, 0.15) is 16.9 Å². The molecule has 2 unspecified atom stereocenters. The van der Waals surface area contributed by atoms with Gasteiger partial charge in [0.2, 0.25) is 0 Å². The third kappa shape index (κ3) is 32.4. The van der Waals surface area contributed by atoms with E-state index in [0.29, 0.717) is 19.6 Å². The van der Waals surface area contributed by atoms with Crippen LogP contribution in [0.1, 0.15) is 92.9 Å². The smallest absolute Gasteiger partial charge is 0.392 e. The molecule has 0 aliphatic carbocycles. The Morgan fingerprint density at radius 1 is 0.848 bits per heavy atom. The molecule has 0 aromatic rings. The van der Waals surface area contributed by atoms with Gasteiger partial charge in [0.25, 0.3) is 0 Å². The maximum atomic E-state index is 12.1. The first-order valence-corrected chi connectivity index (χ1v) is 14.8. The fraction of sp³-hybridized carbons (Fsp3) is 0.733. The van der Waals surface area contributed by atoms with Crippen LogP contribution in [0.5, 0.6) is 0 Å². The predicted molar refractivity (Wildman–Crippen MR) is 161 cm³/mol. The number of alkyl halides is 6. The standard InChI is InChI=1S/C16H27F3O4.C7H9F3O2.C7H12O2.HOP/c1-5-7-9-22-13(20)12(3)11-15(4,6-2)14(21)23-10-8-16(17,18)19;1-5(2)6(11)12-4-3-7(8,9)10;1-3-5-6-9-7(8)4-2;1-2/h12H,5-11H2,1-4H3;1,3-4H2,2H3;4H,2-3,5-6H2,1H3;2H/i;;;2T. The van der Waals surface area contributed by atoms with Crippen LogP contribution in [0.15, 0.2) is 24.8 Å². The molecule has 0 heterocycles. The van der Waals surface area contributed by atoms with Gasteiger partial charge in [-0.25, -0.2) is 9.59 Å². The van der Waals surface area contributed by atoms with Gasteiger partial charge >= 0.3 is 36.2 Å². The van der Waals surface area contributed by atoms with E-state index >= 15 is 0 Å². The Kier molecular flexibility index (Phi) is 29.2. The minimum atomic E-state index is -4.36. The van der Waals surface area contributed by atoms with E-state index in [4.69, 9.17) is 15.3 Å². The average molecular weight is 701 g/mol. The van der Waals surface area contributed by atoms with Crippen molar-refractivity contribution >= 4 is 32.9 Å². The van der Waals surface area contributed by atoms with E-state index in [2.05, 4.69) is 22.6 Å². The van der Waals surface area contributed by atoms with Crippen LogP contribution >= 0.6 is 9.06 Å². The molecule has 0 aromatic carbocycles. The predicted octanol–water partition coefficient (Wildman–Crippen LogP) is 8.32. The second-order valence-electron chi connectivity index (χ2n) is 10.0. The monoisotopic (exact) mass is 700 g/mol. The Hall–Kier alpha value is -2.96. The zero-order valence-corrected chi connectivity index (χ0v) is 28.3. The van der Waals surface area contributed by atoms with E-state index < -0.39 is 76.7 Å². The van der Waals surface area contributed by atoms with E-state index in [9.17, 15) is 45.5 Å². The Balaban J connectivity index is -0.000000320. The van der Waals surface area contributed by atoms with Gasteiger partial charge in [-0.1, -0.05) is 53.7 Å². The van der Waals surface area contributed by atoms with Crippen molar-refractivity contribution in [2.24, 2.45) is 11.3 Å². The van der Waals surface area contributed by atoms with E-state index in [0.717, 1.165) is 25.7 Å². The second-order valence-corrected chi connectivity index (χ2v) is 10.0. The van der Waals surface area contributed by atoms with Crippen molar-refractivity contribution in [2.75, 3.05) is 26.4 Å². The van der Waals surface area contributed by atoms with Gasteiger partial charge in [-0.15, -0.1) is 0 Å². The lowest BCUT2D eigenvalue weighted by molar-refractivity contribution is -0.168. The number of ether oxygens (including phenoxy) is 4. The molecule has 2 atom stereocenters. The Bertz CT molecular complexity index is 931. The van der Waals surface area contributed by atoms with Gasteiger partial charge in [0.15, 0.2) is 0 Å². The largest absolute Gasteiger partial charge is 0.465 e. The van der Waals surface area contributed by atoms with Gasteiger partial charge < -0.3 is 18.9 Å². The van der Waals surface area contributed by atoms with E-state index in [1.807, 2.05) is 13.8 Å². The van der Waals surface area contributed by atoms with E-state index in [1.165, 1.54) is 13.0 Å². The van der Waals surface area contributed by atoms with E-state index in [-0.39, 0.29) is 18.0 Å². The summed E-state index contributed by atoms with van der Waals surface area (Å²) in [4.78, 5) is 44.8. The summed E-state index contributed by atoms with van der Waals surface area (Å²) < 4.78 is 104. The Morgan fingerprint density at radius 3 is 1.65 bits per heavy atom. The molecule has 270 valence electrons. The fourth-order valence-corrected chi connectivity index (χ4v) is 2.78. The van der Waals surface area contributed by atoms with Crippen molar-refractivity contribution < 1.29 is 69.0 Å². The fourth-order valence-electron chi connectivity index (χ4n) is 2.78. The van der Waals surface area contributed by atoms with Crippen LogP contribution in [0.25, 0.3) is 0 Å². The minimum Gasteiger partial charge on any atom is -0.465 e. The van der Waals surface area contributed by atoms with Gasteiger partial charge in [-0.05, 0) is 39.5 Å². The number of unbranched alkanes of at least 4 members (excludes halogenated alkanes) is 2. The molecule has 0 rings (SSSR count). The zero-order chi connectivity index (χ0) is 37.7. The molecule has 0 N–H and O–H groups in total. The lowest BCUT2D eigenvalue weighted by atomic mass is 9.79. The van der Waals surface area contributed by atoms with Gasteiger partial charge in [-0.3, -0.25) is 14.2 Å². The summed E-state index contributed by atoms with van der Waals surface area (Å²) in [6.07, 6.45) is -5.57. The van der Waals surface area contributed by atoms with Gasteiger partial charge in [0.05, 0.1) is 44.0 Å². The number of carbonyl (C=O) groups is 4. The van der Waals surface area contributed by atoms with Crippen LogP contribution in [-0.2, 0) is 42.7 Å². The number of esters is 4. The summed E-state index contributed by atoms with van der Waals surface area (Å²) in [5.74, 6) is -2.76. The highest BCUT2D eigenvalue weighted by Crippen LogP contribution is 2.32. The molecule has 16 heteroatoms. The topological polar surface area (TPSA) is 122 Å². The number of hydrogen-bond acceptors (Lipinski definition) is 9. The van der Waals surface area contributed by atoms with Crippen molar-refractivity contribution in [3.8, 4) is 0 Å². The number of hydrogen-bond donors (Lipinski definition) is 0. The van der Waals surface area contributed by atoms with Gasteiger partial charge in [-0.2, -0.15) is 26.3 Å². The SMILES string of the molecule is C=C(C)C(=O)OCCC(F)(F)F.C=CC(=O)OCCCC.CCCCOC(=O)C(C)CC(C)(CC)C(=O)OCCC(F)(F)F.[3H]P=O. The van der Waals surface area contributed by atoms with Crippen molar-refractivity contribution in [1.82, 2.24) is 0 Å².